The Morgan fingerprint density at radius 2 is 1.63 bits per heavy atom. The lowest BCUT2D eigenvalue weighted by molar-refractivity contribution is -0.137. The van der Waals surface area contributed by atoms with Crippen molar-refractivity contribution >= 4 is 64.9 Å². The zero-order chi connectivity index (χ0) is 37.2. The van der Waals surface area contributed by atoms with E-state index in [1.807, 2.05) is 0 Å². The maximum atomic E-state index is 12.6. The van der Waals surface area contributed by atoms with Crippen LogP contribution in [-0.2, 0) is 45.9 Å². The number of aliphatic hydroxyl groups excluding tert-OH is 2. The van der Waals surface area contributed by atoms with E-state index in [-0.39, 0.29) is 35.9 Å². The number of ether oxygens (including phenoxy) is 1. The number of thiol groups is 1. The number of phosphoric acid groups is 3. The van der Waals surface area contributed by atoms with Gasteiger partial charge in [-0.2, -0.15) is 16.9 Å². The van der Waals surface area contributed by atoms with Gasteiger partial charge in [0.05, 0.1) is 32.3 Å². The zero-order valence-corrected chi connectivity index (χ0v) is 29.9. The Labute approximate surface area is 284 Å². The van der Waals surface area contributed by atoms with Crippen LogP contribution in [0, 0.1) is 5.41 Å². The summed E-state index contributed by atoms with van der Waals surface area (Å²) in [5, 5.41) is 25.7. The highest BCUT2D eigenvalue weighted by Gasteiger charge is 2.41. The molecule has 0 radical (unpaired) electrons. The number of hydrogen-bond acceptors (Lipinski definition) is 17. The van der Waals surface area contributed by atoms with Crippen LogP contribution in [0.4, 0.5) is 5.82 Å². The van der Waals surface area contributed by atoms with Crippen molar-refractivity contribution in [2.75, 3.05) is 44.4 Å². The summed E-state index contributed by atoms with van der Waals surface area (Å²) in [5.41, 5.74) is 4.38. The van der Waals surface area contributed by atoms with E-state index in [1.54, 1.807) is 0 Å². The normalized spacial score (nSPS) is 17.4. The quantitative estimate of drug-likeness (QED) is 0.0504. The van der Waals surface area contributed by atoms with Gasteiger partial charge in [-0.1, -0.05) is 13.8 Å². The number of anilines is 1. The number of fused-ring (bicyclic) bond motifs is 1. The molecule has 2 aromatic rings. The third-order valence-corrected chi connectivity index (χ3v) is 9.43. The molecule has 0 fully saturated rings. The lowest BCUT2D eigenvalue weighted by Gasteiger charge is -2.30. The van der Waals surface area contributed by atoms with E-state index >= 15 is 0 Å². The van der Waals surface area contributed by atoms with Crippen LogP contribution in [0.25, 0.3) is 11.2 Å². The van der Waals surface area contributed by atoms with E-state index in [4.69, 9.17) is 29.3 Å². The summed E-state index contributed by atoms with van der Waals surface area (Å²) in [5.74, 6) is -0.927. The number of hydrogen-bond donors (Lipinski definition) is 10. The number of aromatic nitrogens is 4. The summed E-state index contributed by atoms with van der Waals surface area (Å²) in [6.07, 6.45) is -4.20. The number of rotatable bonds is 22. The number of nitrogens with two attached hydrogens (primary N) is 1. The van der Waals surface area contributed by atoms with Crippen molar-refractivity contribution in [3.8, 4) is 0 Å². The number of carbonyl (C=O) groups excluding carboxylic acids is 2. The molecular formula is C22H40N7O16P3S. The second-order valence-corrected chi connectivity index (χ2v) is 15.6. The standard InChI is InChI=1S/C22H40N7O16P3S/c1-13(30)21(29-12-28-16-18(23)26-11-27-19(16)29)44-14(8-41-46(34,35)36)9-42-47(37,38)45-48(39,40)43-10-22(2,3)17(32)20(33)25-5-4-15(31)24-6-7-49/h11-14,17,21,30,32,49H,4-10H2,1-3H3,(H,24,31)(H,25,33)(H,37,38)(H,39,40)(H2,23,26,27)(H2,34,35,36)/t13-,14-,17-,21+/m0/s1. The molecule has 2 aromatic heterocycles. The van der Waals surface area contributed by atoms with Crippen LogP contribution in [-0.4, -0.2) is 118 Å². The average molecular weight is 784 g/mol. The van der Waals surface area contributed by atoms with Gasteiger partial charge in [0.2, 0.25) is 11.8 Å². The first-order valence-corrected chi connectivity index (χ1v) is 19.2. The van der Waals surface area contributed by atoms with Crippen LogP contribution in [0.5, 0.6) is 0 Å². The monoisotopic (exact) mass is 783 g/mol. The summed E-state index contributed by atoms with van der Waals surface area (Å²) >= 11 is 3.95. The Morgan fingerprint density at radius 1 is 1.00 bits per heavy atom. The van der Waals surface area contributed by atoms with E-state index in [0.29, 0.717) is 12.3 Å². The molecule has 27 heteroatoms. The van der Waals surface area contributed by atoms with Gasteiger partial charge >= 0.3 is 23.5 Å². The maximum Gasteiger partial charge on any atom is 0.481 e. The third kappa shape index (κ3) is 14.6. The van der Waals surface area contributed by atoms with Gasteiger partial charge in [-0.3, -0.25) is 27.7 Å². The van der Waals surface area contributed by atoms with Crippen molar-refractivity contribution in [3.63, 3.8) is 0 Å². The Morgan fingerprint density at radius 3 is 2.24 bits per heavy atom. The maximum absolute atomic E-state index is 12.6. The molecule has 2 amide bonds. The molecule has 0 saturated carbocycles. The second-order valence-electron chi connectivity index (χ2n) is 10.9. The van der Waals surface area contributed by atoms with Gasteiger partial charge < -0.3 is 50.9 Å². The molecule has 0 spiro atoms. The molecule has 280 valence electrons. The fourth-order valence-corrected chi connectivity index (χ4v) is 6.43. The molecule has 2 rings (SSSR count). The summed E-state index contributed by atoms with van der Waals surface area (Å²) in [4.78, 5) is 74.4. The van der Waals surface area contributed by atoms with Crippen LogP contribution >= 0.6 is 36.1 Å². The Bertz CT molecular complexity index is 1560. The Kier molecular flexibility index (Phi) is 16.2. The minimum Gasteiger partial charge on any atom is -0.389 e. The first-order chi connectivity index (χ1) is 22.6. The van der Waals surface area contributed by atoms with E-state index in [0.717, 1.165) is 12.7 Å². The highest BCUT2D eigenvalue weighted by Crippen LogP contribution is 2.61. The van der Waals surface area contributed by atoms with Gasteiger partial charge in [-0.15, -0.1) is 0 Å². The number of phosphoric ester groups is 3. The molecule has 23 nitrogen and oxygen atoms in total. The molecule has 0 aliphatic rings. The lowest BCUT2D eigenvalue weighted by Crippen LogP contribution is -2.46. The van der Waals surface area contributed by atoms with E-state index in [1.165, 1.54) is 25.3 Å². The summed E-state index contributed by atoms with van der Waals surface area (Å²) < 4.78 is 61.4. The number of imidazole rings is 1. The van der Waals surface area contributed by atoms with Crippen molar-refractivity contribution in [2.24, 2.45) is 5.41 Å². The number of aliphatic hydroxyl groups is 2. The highest BCUT2D eigenvalue weighted by atomic mass is 32.1. The van der Waals surface area contributed by atoms with Crippen LogP contribution in [0.15, 0.2) is 12.7 Å². The molecule has 0 bridgehead atoms. The number of nitrogens with one attached hydrogen (secondary N) is 2. The molecular weight excluding hydrogens is 743 g/mol. The molecule has 49 heavy (non-hydrogen) atoms. The van der Waals surface area contributed by atoms with Gasteiger partial charge in [0, 0.05) is 30.7 Å². The fraction of sp³-hybridized carbons (Fsp3) is 0.682. The number of nitrogen functional groups attached to an aromatic ring is 1. The Hall–Kier alpha value is -2.11. The van der Waals surface area contributed by atoms with Crippen molar-refractivity contribution < 1.29 is 75.7 Å². The predicted octanol–water partition coefficient (Wildman–Crippen LogP) is -1.03. The Balaban J connectivity index is 2.06. The van der Waals surface area contributed by atoms with E-state index in [9.17, 15) is 43.3 Å². The molecule has 6 atom stereocenters. The van der Waals surface area contributed by atoms with Gasteiger partial charge in [0.15, 0.2) is 17.7 Å². The van der Waals surface area contributed by atoms with Crippen molar-refractivity contribution in [3.05, 3.63) is 12.7 Å². The molecule has 10 N–H and O–H groups in total. The van der Waals surface area contributed by atoms with E-state index < -0.39 is 79.2 Å². The van der Waals surface area contributed by atoms with Crippen LogP contribution in [0.2, 0.25) is 0 Å². The summed E-state index contributed by atoms with van der Waals surface area (Å²) in [6, 6.07) is 0. The van der Waals surface area contributed by atoms with Crippen molar-refractivity contribution in [1.82, 2.24) is 30.2 Å². The van der Waals surface area contributed by atoms with Crippen LogP contribution in [0.1, 0.15) is 33.4 Å². The minimum atomic E-state index is -5.53. The molecule has 0 aliphatic carbocycles. The fourth-order valence-electron chi connectivity index (χ4n) is 3.69. The van der Waals surface area contributed by atoms with Crippen LogP contribution < -0.4 is 16.4 Å². The first-order valence-electron chi connectivity index (χ1n) is 14.0. The van der Waals surface area contributed by atoms with E-state index in [2.05, 4.69) is 47.0 Å². The predicted molar refractivity (Wildman–Crippen MR) is 170 cm³/mol. The largest absolute Gasteiger partial charge is 0.481 e. The molecule has 0 saturated heterocycles. The topological polar surface area (TPSA) is 347 Å². The van der Waals surface area contributed by atoms with Gasteiger partial charge in [-0.25, -0.2) is 28.6 Å². The number of nitrogens with zero attached hydrogens (tertiary/aromatic N) is 4. The SMILES string of the molecule is C[C@H](O)[C@@H](O[C@@H](COP(=O)(O)O)COP(=O)(O)OP(=O)(O)OCC(C)(C)[C@@H](O)C(=O)NCCC(=O)NCCS)n1cnc2c(N)ncnc21. The summed E-state index contributed by atoms with van der Waals surface area (Å²) in [6.45, 7) is 1.00. The summed E-state index contributed by atoms with van der Waals surface area (Å²) in [7, 11) is -16.1. The third-order valence-electron chi connectivity index (χ3n) is 6.14. The van der Waals surface area contributed by atoms with Crippen molar-refractivity contribution in [2.45, 2.75) is 51.7 Å². The van der Waals surface area contributed by atoms with Gasteiger partial charge in [0.1, 0.15) is 24.1 Å². The highest BCUT2D eigenvalue weighted by molar-refractivity contribution is 7.80. The number of carbonyl (C=O) groups is 2. The lowest BCUT2D eigenvalue weighted by atomic mass is 9.87. The van der Waals surface area contributed by atoms with Gasteiger partial charge in [-0.05, 0) is 6.92 Å². The number of amides is 2. The first kappa shape index (κ1) is 43.1. The zero-order valence-electron chi connectivity index (χ0n) is 26.3. The smallest absolute Gasteiger partial charge is 0.389 e. The van der Waals surface area contributed by atoms with Gasteiger partial charge in [0.25, 0.3) is 0 Å². The molecule has 2 unspecified atom stereocenters. The molecule has 0 aliphatic heterocycles. The van der Waals surface area contributed by atoms with Crippen LogP contribution in [0.3, 0.4) is 0 Å². The van der Waals surface area contributed by atoms with Crippen molar-refractivity contribution in [1.29, 1.82) is 0 Å². The second kappa shape index (κ2) is 18.4. The molecule has 0 aromatic carbocycles. The average Bonchev–Trinajstić information content (AvgIpc) is 3.42. The minimum absolute atomic E-state index is 0.0190. The molecule has 2 heterocycles.